The van der Waals surface area contributed by atoms with Crippen LogP contribution in [-0.2, 0) is 27.5 Å². The van der Waals surface area contributed by atoms with Gasteiger partial charge in [-0.05, 0) is 11.1 Å². The zero-order chi connectivity index (χ0) is 22.6. The number of rotatable bonds is 7. The zero-order valence-electron chi connectivity index (χ0n) is 18.1. The van der Waals surface area contributed by atoms with Crippen molar-refractivity contribution in [3.05, 3.63) is 71.8 Å². The van der Waals surface area contributed by atoms with Gasteiger partial charge in [0.25, 0.3) is 0 Å². The molecule has 1 fully saturated rings. The number of nitrogens with one attached hydrogen (secondary N) is 1. The molecular formula is C24H30BrN3O4. The molecule has 0 aliphatic carbocycles. The average Bonchev–Trinajstić information content (AvgIpc) is 2.93. The SMILES string of the molecule is O=C(OCc1ccccc1)C1CN(CCBr)CCNCCN1C(=O)OCc1ccccc1. The fourth-order valence-electron chi connectivity index (χ4n) is 3.52. The lowest BCUT2D eigenvalue weighted by molar-refractivity contribution is -0.151. The van der Waals surface area contributed by atoms with Gasteiger partial charge in [0, 0.05) is 44.6 Å². The fraction of sp³-hybridized carbons (Fsp3) is 0.417. The Bertz CT molecular complexity index is 838. The first-order chi connectivity index (χ1) is 15.7. The summed E-state index contributed by atoms with van der Waals surface area (Å²) in [5, 5.41) is 4.11. The second kappa shape index (κ2) is 13.2. The van der Waals surface area contributed by atoms with Crippen molar-refractivity contribution in [3.8, 4) is 0 Å². The molecule has 1 heterocycles. The quantitative estimate of drug-likeness (QED) is 0.462. The van der Waals surface area contributed by atoms with Crippen molar-refractivity contribution < 1.29 is 19.1 Å². The van der Waals surface area contributed by atoms with Crippen LogP contribution >= 0.6 is 15.9 Å². The molecular weight excluding hydrogens is 474 g/mol. The lowest BCUT2D eigenvalue weighted by atomic mass is 10.2. The number of hydrogen-bond acceptors (Lipinski definition) is 6. The molecule has 1 atom stereocenters. The Morgan fingerprint density at radius 1 is 0.906 bits per heavy atom. The number of halogens is 1. The van der Waals surface area contributed by atoms with Gasteiger partial charge in [0.05, 0.1) is 0 Å². The standard InChI is InChI=1S/C24H30BrN3O4/c25-11-14-27-15-12-26-13-16-28(24(30)32-19-21-9-5-2-6-10-21)22(17-27)23(29)31-18-20-7-3-1-4-8-20/h1-10,22,26H,11-19H2. The Labute approximate surface area is 197 Å². The summed E-state index contributed by atoms with van der Waals surface area (Å²) < 4.78 is 11.2. The van der Waals surface area contributed by atoms with Gasteiger partial charge in [-0.15, -0.1) is 0 Å². The van der Waals surface area contributed by atoms with E-state index in [4.69, 9.17) is 9.47 Å². The first-order valence-corrected chi connectivity index (χ1v) is 12.0. The Balaban J connectivity index is 1.73. The smallest absolute Gasteiger partial charge is 0.410 e. The molecule has 0 spiro atoms. The van der Waals surface area contributed by atoms with Gasteiger partial charge in [-0.2, -0.15) is 0 Å². The molecule has 0 saturated carbocycles. The molecule has 1 aliphatic heterocycles. The average molecular weight is 504 g/mol. The van der Waals surface area contributed by atoms with Crippen LogP contribution in [-0.4, -0.2) is 72.5 Å². The number of esters is 1. The highest BCUT2D eigenvalue weighted by atomic mass is 79.9. The Morgan fingerprint density at radius 2 is 1.50 bits per heavy atom. The summed E-state index contributed by atoms with van der Waals surface area (Å²) in [5.41, 5.74) is 1.80. The molecule has 7 nitrogen and oxygen atoms in total. The predicted molar refractivity (Wildman–Crippen MR) is 126 cm³/mol. The molecule has 1 aliphatic rings. The Kier molecular flexibility index (Phi) is 9.99. The maximum absolute atomic E-state index is 13.2. The molecule has 0 radical (unpaired) electrons. The van der Waals surface area contributed by atoms with Crippen LogP contribution in [0.5, 0.6) is 0 Å². The molecule has 3 rings (SSSR count). The molecule has 1 saturated heterocycles. The van der Waals surface area contributed by atoms with E-state index >= 15 is 0 Å². The van der Waals surface area contributed by atoms with Gasteiger partial charge < -0.3 is 14.8 Å². The Morgan fingerprint density at radius 3 is 2.12 bits per heavy atom. The number of ether oxygens (including phenoxy) is 2. The van der Waals surface area contributed by atoms with E-state index in [0.29, 0.717) is 19.6 Å². The van der Waals surface area contributed by atoms with Crippen molar-refractivity contribution in [3.63, 3.8) is 0 Å². The third-order valence-electron chi connectivity index (χ3n) is 5.28. The number of hydrogen-bond donors (Lipinski definition) is 1. The summed E-state index contributed by atoms with van der Waals surface area (Å²) in [6.45, 7) is 3.97. The van der Waals surface area contributed by atoms with Crippen LogP contribution in [0.15, 0.2) is 60.7 Å². The topological polar surface area (TPSA) is 71.1 Å². The van der Waals surface area contributed by atoms with Crippen molar-refractivity contribution in [1.82, 2.24) is 15.1 Å². The van der Waals surface area contributed by atoms with E-state index < -0.39 is 18.1 Å². The third kappa shape index (κ3) is 7.62. The highest BCUT2D eigenvalue weighted by molar-refractivity contribution is 9.09. The molecule has 32 heavy (non-hydrogen) atoms. The van der Waals surface area contributed by atoms with Gasteiger partial charge in [-0.3, -0.25) is 9.80 Å². The molecule has 1 unspecified atom stereocenters. The minimum absolute atomic E-state index is 0.153. The predicted octanol–water partition coefficient (Wildman–Crippen LogP) is 3.04. The van der Waals surface area contributed by atoms with Crippen LogP contribution < -0.4 is 5.32 Å². The second-order valence-corrected chi connectivity index (χ2v) is 8.38. The molecule has 1 amide bonds. The number of carbonyl (C=O) groups excluding carboxylic acids is 2. The van der Waals surface area contributed by atoms with E-state index in [1.54, 1.807) is 0 Å². The fourth-order valence-corrected chi connectivity index (χ4v) is 4.02. The van der Waals surface area contributed by atoms with Gasteiger partial charge in [0.2, 0.25) is 0 Å². The van der Waals surface area contributed by atoms with Crippen LogP contribution in [0.3, 0.4) is 0 Å². The maximum Gasteiger partial charge on any atom is 0.410 e. The van der Waals surface area contributed by atoms with Gasteiger partial charge in [-0.25, -0.2) is 9.59 Å². The van der Waals surface area contributed by atoms with Crippen molar-refractivity contribution in [1.29, 1.82) is 0 Å². The van der Waals surface area contributed by atoms with E-state index in [-0.39, 0.29) is 13.2 Å². The molecule has 1 N–H and O–H groups in total. The van der Waals surface area contributed by atoms with Crippen molar-refractivity contribution >= 4 is 28.0 Å². The zero-order valence-corrected chi connectivity index (χ0v) is 19.7. The summed E-state index contributed by atoms with van der Waals surface area (Å²) >= 11 is 3.48. The van der Waals surface area contributed by atoms with Gasteiger partial charge in [0.15, 0.2) is 0 Å². The highest BCUT2D eigenvalue weighted by Gasteiger charge is 2.34. The van der Waals surface area contributed by atoms with E-state index in [1.807, 2.05) is 60.7 Å². The molecule has 0 aromatic heterocycles. The van der Waals surface area contributed by atoms with Crippen LogP contribution in [0.4, 0.5) is 4.79 Å². The minimum atomic E-state index is -0.749. The second-order valence-electron chi connectivity index (χ2n) is 7.58. The number of benzene rings is 2. The van der Waals surface area contributed by atoms with E-state index in [1.165, 1.54) is 4.90 Å². The van der Waals surface area contributed by atoms with Gasteiger partial charge in [-0.1, -0.05) is 76.6 Å². The summed E-state index contributed by atoms with van der Waals surface area (Å²) in [6, 6.07) is 18.3. The Hall–Kier alpha value is -2.42. The van der Waals surface area contributed by atoms with Crippen LogP contribution in [0.25, 0.3) is 0 Å². The van der Waals surface area contributed by atoms with E-state index in [2.05, 4.69) is 26.1 Å². The summed E-state index contributed by atoms with van der Waals surface area (Å²) in [4.78, 5) is 29.8. The van der Waals surface area contributed by atoms with Gasteiger partial charge >= 0.3 is 12.1 Å². The first-order valence-electron chi connectivity index (χ1n) is 10.8. The van der Waals surface area contributed by atoms with Crippen molar-refractivity contribution in [2.45, 2.75) is 19.3 Å². The van der Waals surface area contributed by atoms with E-state index in [9.17, 15) is 9.59 Å². The number of amides is 1. The van der Waals surface area contributed by atoms with Crippen molar-refractivity contribution in [2.75, 3.05) is 44.6 Å². The minimum Gasteiger partial charge on any atom is -0.459 e. The molecule has 0 bridgehead atoms. The summed E-state index contributed by atoms with van der Waals surface area (Å²) in [6.07, 6.45) is -0.516. The number of alkyl halides is 1. The number of carbonyl (C=O) groups is 2. The third-order valence-corrected chi connectivity index (χ3v) is 5.63. The normalized spacial score (nSPS) is 17.7. The van der Waals surface area contributed by atoms with Crippen molar-refractivity contribution in [2.24, 2.45) is 0 Å². The van der Waals surface area contributed by atoms with Crippen LogP contribution in [0, 0.1) is 0 Å². The lowest BCUT2D eigenvalue weighted by Crippen LogP contribution is -2.52. The molecule has 8 heteroatoms. The number of nitrogens with zero attached hydrogens (tertiary/aromatic N) is 2. The first kappa shape index (κ1) is 24.2. The van der Waals surface area contributed by atoms with Crippen LogP contribution in [0.2, 0.25) is 0 Å². The van der Waals surface area contributed by atoms with Crippen LogP contribution in [0.1, 0.15) is 11.1 Å². The van der Waals surface area contributed by atoms with E-state index in [0.717, 1.165) is 36.1 Å². The summed E-state index contributed by atoms with van der Waals surface area (Å²) in [7, 11) is 0. The maximum atomic E-state index is 13.2. The van der Waals surface area contributed by atoms with Gasteiger partial charge in [0.1, 0.15) is 19.3 Å². The highest BCUT2D eigenvalue weighted by Crippen LogP contribution is 2.13. The lowest BCUT2D eigenvalue weighted by Gasteiger charge is -2.32. The monoisotopic (exact) mass is 503 g/mol. The summed E-state index contributed by atoms with van der Waals surface area (Å²) in [5.74, 6) is -0.424. The molecule has 2 aromatic rings. The molecule has 172 valence electrons. The largest absolute Gasteiger partial charge is 0.459 e. The molecule has 2 aromatic carbocycles.